The van der Waals surface area contributed by atoms with Gasteiger partial charge >= 0.3 is 6.18 Å². The lowest BCUT2D eigenvalue weighted by atomic mass is 10.1. The van der Waals surface area contributed by atoms with Crippen LogP contribution in [0.5, 0.6) is 0 Å². The fraction of sp³-hybridized carbons (Fsp3) is 0.385. The van der Waals surface area contributed by atoms with Crippen LogP contribution in [-0.4, -0.2) is 37.5 Å². The summed E-state index contributed by atoms with van der Waals surface area (Å²) in [7, 11) is 0. The summed E-state index contributed by atoms with van der Waals surface area (Å²) >= 11 is 0. The topological polar surface area (TPSA) is 70.2 Å². The second kappa shape index (κ2) is 6.30. The Kier molecular flexibility index (Phi) is 4.65. The standard InChI is InChI=1S/C13H13F4N3O2/c14-9-2-7(1-8(3-9)13(15,16)17)12(22)19-6-11(21)20-10-4-18-5-10/h1-3,10,18H,4-6H2,(H,19,22)(H,20,21). The van der Waals surface area contributed by atoms with Gasteiger partial charge in [0.25, 0.3) is 5.91 Å². The summed E-state index contributed by atoms with van der Waals surface area (Å²) < 4.78 is 50.8. The molecule has 0 atom stereocenters. The lowest BCUT2D eigenvalue weighted by Gasteiger charge is -2.27. The van der Waals surface area contributed by atoms with Crippen molar-refractivity contribution >= 4 is 11.8 Å². The third-order valence-electron chi connectivity index (χ3n) is 3.04. The van der Waals surface area contributed by atoms with E-state index in [0.717, 1.165) is 0 Å². The van der Waals surface area contributed by atoms with Crippen LogP contribution < -0.4 is 16.0 Å². The number of hydrogen-bond donors (Lipinski definition) is 3. The maximum absolute atomic E-state index is 13.2. The van der Waals surface area contributed by atoms with Crippen LogP contribution >= 0.6 is 0 Å². The zero-order chi connectivity index (χ0) is 16.3. The highest BCUT2D eigenvalue weighted by Crippen LogP contribution is 2.30. The zero-order valence-electron chi connectivity index (χ0n) is 11.3. The van der Waals surface area contributed by atoms with E-state index in [1.807, 2.05) is 0 Å². The molecule has 0 aliphatic carbocycles. The van der Waals surface area contributed by atoms with Crippen molar-refractivity contribution in [3.8, 4) is 0 Å². The molecule has 22 heavy (non-hydrogen) atoms. The van der Waals surface area contributed by atoms with E-state index in [4.69, 9.17) is 0 Å². The summed E-state index contributed by atoms with van der Waals surface area (Å²) in [5.74, 6) is -2.59. The van der Waals surface area contributed by atoms with E-state index in [1.165, 1.54) is 0 Å². The van der Waals surface area contributed by atoms with Gasteiger partial charge in [-0.25, -0.2) is 4.39 Å². The van der Waals surface area contributed by atoms with Gasteiger partial charge in [0.15, 0.2) is 0 Å². The van der Waals surface area contributed by atoms with Gasteiger partial charge in [0, 0.05) is 18.7 Å². The summed E-state index contributed by atoms with van der Waals surface area (Å²) in [5, 5.41) is 7.69. The number of amides is 2. The molecule has 3 N–H and O–H groups in total. The molecule has 1 aromatic carbocycles. The van der Waals surface area contributed by atoms with Crippen molar-refractivity contribution in [3.63, 3.8) is 0 Å². The van der Waals surface area contributed by atoms with Crippen molar-refractivity contribution in [2.24, 2.45) is 0 Å². The molecular formula is C13H13F4N3O2. The van der Waals surface area contributed by atoms with Crippen molar-refractivity contribution in [2.45, 2.75) is 12.2 Å². The van der Waals surface area contributed by atoms with E-state index >= 15 is 0 Å². The van der Waals surface area contributed by atoms with Crippen molar-refractivity contribution in [1.29, 1.82) is 0 Å². The SMILES string of the molecule is O=C(CNC(=O)c1cc(F)cc(C(F)(F)F)c1)NC1CNC1. The van der Waals surface area contributed by atoms with Gasteiger partial charge in [-0.2, -0.15) is 13.2 Å². The minimum atomic E-state index is -4.76. The molecule has 0 aromatic heterocycles. The van der Waals surface area contributed by atoms with Gasteiger partial charge in [-0.3, -0.25) is 9.59 Å². The van der Waals surface area contributed by atoms with Gasteiger partial charge in [0.05, 0.1) is 18.2 Å². The molecule has 2 rings (SSSR count). The molecule has 9 heteroatoms. The summed E-state index contributed by atoms with van der Waals surface area (Å²) in [6.45, 7) is 0.851. The van der Waals surface area contributed by atoms with Crippen molar-refractivity contribution in [1.82, 2.24) is 16.0 Å². The first-order chi connectivity index (χ1) is 10.3. The Morgan fingerprint density at radius 1 is 1.23 bits per heavy atom. The van der Waals surface area contributed by atoms with Gasteiger partial charge in [-0.05, 0) is 18.2 Å². The molecule has 2 amide bonds. The van der Waals surface area contributed by atoms with Crippen LogP contribution in [0.25, 0.3) is 0 Å². The van der Waals surface area contributed by atoms with Crippen LogP contribution in [0, 0.1) is 5.82 Å². The third kappa shape index (κ3) is 4.17. The van der Waals surface area contributed by atoms with Crippen LogP contribution in [0.4, 0.5) is 17.6 Å². The maximum Gasteiger partial charge on any atom is 0.416 e. The smallest absolute Gasteiger partial charge is 0.349 e. The first-order valence-corrected chi connectivity index (χ1v) is 6.42. The van der Waals surface area contributed by atoms with Gasteiger partial charge < -0.3 is 16.0 Å². The zero-order valence-corrected chi connectivity index (χ0v) is 11.3. The van der Waals surface area contributed by atoms with Crippen LogP contribution in [0.15, 0.2) is 18.2 Å². The molecule has 120 valence electrons. The van der Waals surface area contributed by atoms with Crippen LogP contribution in [-0.2, 0) is 11.0 Å². The number of carbonyl (C=O) groups is 2. The monoisotopic (exact) mass is 319 g/mol. The molecule has 0 bridgehead atoms. The number of benzene rings is 1. The van der Waals surface area contributed by atoms with Crippen molar-refractivity contribution in [3.05, 3.63) is 35.1 Å². The molecule has 1 aliphatic heterocycles. The molecule has 1 heterocycles. The van der Waals surface area contributed by atoms with Gasteiger partial charge in [-0.1, -0.05) is 0 Å². The summed E-state index contributed by atoms with van der Waals surface area (Å²) in [6, 6.07) is 1.49. The van der Waals surface area contributed by atoms with Crippen molar-refractivity contribution in [2.75, 3.05) is 19.6 Å². The van der Waals surface area contributed by atoms with E-state index in [9.17, 15) is 27.2 Å². The molecule has 1 saturated heterocycles. The third-order valence-corrected chi connectivity index (χ3v) is 3.04. The lowest BCUT2D eigenvalue weighted by Crippen LogP contribution is -2.58. The molecule has 0 radical (unpaired) electrons. The second-order valence-electron chi connectivity index (χ2n) is 4.83. The Morgan fingerprint density at radius 3 is 2.45 bits per heavy atom. The van der Waals surface area contributed by atoms with Gasteiger partial charge in [0.2, 0.25) is 5.91 Å². The van der Waals surface area contributed by atoms with Crippen molar-refractivity contribution < 1.29 is 27.2 Å². The molecule has 0 saturated carbocycles. The number of nitrogens with one attached hydrogen (secondary N) is 3. The summed E-state index contributed by atoms with van der Waals surface area (Å²) in [5.41, 5.74) is -1.76. The average molecular weight is 319 g/mol. The first-order valence-electron chi connectivity index (χ1n) is 6.42. The quantitative estimate of drug-likeness (QED) is 0.714. The Balaban J connectivity index is 1.96. The fourth-order valence-electron chi connectivity index (χ4n) is 1.82. The minimum Gasteiger partial charge on any atom is -0.349 e. The highest BCUT2D eigenvalue weighted by molar-refractivity contribution is 5.96. The van der Waals surface area contributed by atoms with Gasteiger partial charge in [-0.15, -0.1) is 0 Å². The predicted molar refractivity (Wildman–Crippen MR) is 68.5 cm³/mol. The minimum absolute atomic E-state index is 0.0181. The van der Waals surface area contributed by atoms with E-state index in [0.29, 0.717) is 31.3 Å². The number of carbonyl (C=O) groups excluding carboxylic acids is 2. The van der Waals surface area contributed by atoms with Crippen LogP contribution in [0.1, 0.15) is 15.9 Å². The van der Waals surface area contributed by atoms with E-state index in [1.54, 1.807) is 0 Å². The molecule has 1 aromatic rings. The first kappa shape index (κ1) is 16.2. The average Bonchev–Trinajstić information content (AvgIpc) is 2.38. The van der Waals surface area contributed by atoms with E-state index < -0.39 is 41.5 Å². The number of hydrogen-bond acceptors (Lipinski definition) is 3. The van der Waals surface area contributed by atoms with E-state index in [2.05, 4.69) is 16.0 Å². The maximum atomic E-state index is 13.2. The number of halogens is 4. The van der Waals surface area contributed by atoms with Crippen LogP contribution in [0.2, 0.25) is 0 Å². The summed E-state index contributed by atoms with van der Waals surface area (Å²) in [4.78, 5) is 23.2. The lowest BCUT2D eigenvalue weighted by molar-refractivity contribution is -0.137. The predicted octanol–water partition coefficient (Wildman–Crippen LogP) is 0.662. The Bertz CT molecular complexity index is 585. The van der Waals surface area contributed by atoms with Gasteiger partial charge in [0.1, 0.15) is 5.82 Å². The number of alkyl halides is 3. The Labute approximate surface area is 123 Å². The molecule has 0 unspecified atom stereocenters. The molecule has 5 nitrogen and oxygen atoms in total. The van der Waals surface area contributed by atoms with Crippen LogP contribution in [0.3, 0.4) is 0 Å². The second-order valence-corrected chi connectivity index (χ2v) is 4.83. The molecule has 1 aliphatic rings. The highest BCUT2D eigenvalue weighted by atomic mass is 19.4. The number of rotatable bonds is 4. The summed E-state index contributed by atoms with van der Waals surface area (Å²) in [6.07, 6.45) is -4.76. The highest BCUT2D eigenvalue weighted by Gasteiger charge is 2.32. The van der Waals surface area contributed by atoms with E-state index in [-0.39, 0.29) is 6.04 Å². The molecular weight excluding hydrogens is 306 g/mol. The normalized spacial score (nSPS) is 15.1. The Morgan fingerprint density at radius 2 is 1.91 bits per heavy atom. The molecule has 1 fully saturated rings. The molecule has 0 spiro atoms. The fourth-order valence-corrected chi connectivity index (χ4v) is 1.82. The Hall–Kier alpha value is -2.16. The largest absolute Gasteiger partial charge is 0.416 e.